The fourth-order valence-electron chi connectivity index (χ4n) is 3.28. The van der Waals surface area contributed by atoms with Crippen molar-refractivity contribution in [2.24, 2.45) is 5.41 Å². The average molecular weight is 349 g/mol. The summed E-state index contributed by atoms with van der Waals surface area (Å²) in [5.74, 6) is -1.23. The number of aliphatic hydroxyl groups is 1. The monoisotopic (exact) mass is 349 g/mol. The van der Waals surface area contributed by atoms with Crippen molar-refractivity contribution in [1.29, 1.82) is 0 Å². The molecule has 0 fully saturated rings. The van der Waals surface area contributed by atoms with E-state index in [9.17, 15) is 14.7 Å². The number of Topliss-reactive ketones (excluding diaryl/α,β-unsaturated/α-hetero) is 1. The van der Waals surface area contributed by atoms with E-state index in [-0.39, 0.29) is 11.4 Å². The van der Waals surface area contributed by atoms with E-state index in [1.54, 1.807) is 32.9 Å². The first-order chi connectivity index (χ1) is 12.2. The van der Waals surface area contributed by atoms with E-state index in [1.165, 1.54) is 4.90 Å². The molecule has 1 heterocycles. The first kappa shape index (κ1) is 17.9. The molecule has 1 atom stereocenters. The number of para-hydroxylation sites is 1. The second-order valence-corrected chi connectivity index (χ2v) is 7.61. The zero-order chi connectivity index (χ0) is 19.1. The Hall–Kier alpha value is -2.88. The fourth-order valence-corrected chi connectivity index (χ4v) is 3.28. The molecule has 1 amide bonds. The van der Waals surface area contributed by atoms with Gasteiger partial charge in [0.1, 0.15) is 0 Å². The molecule has 0 spiro atoms. The van der Waals surface area contributed by atoms with Gasteiger partial charge in [-0.05, 0) is 30.2 Å². The Balaban J connectivity index is 2.24. The number of hydrogen-bond acceptors (Lipinski definition) is 3. The van der Waals surface area contributed by atoms with E-state index >= 15 is 0 Å². The van der Waals surface area contributed by atoms with Gasteiger partial charge in [-0.25, -0.2) is 0 Å². The van der Waals surface area contributed by atoms with E-state index in [0.717, 1.165) is 11.1 Å². The molecule has 1 aliphatic rings. The number of carbonyl (C=O) groups is 2. The van der Waals surface area contributed by atoms with E-state index in [0.29, 0.717) is 5.69 Å². The van der Waals surface area contributed by atoms with Gasteiger partial charge in [0.15, 0.2) is 11.5 Å². The van der Waals surface area contributed by atoms with Gasteiger partial charge in [0.05, 0.1) is 11.6 Å². The van der Waals surface area contributed by atoms with Crippen LogP contribution in [0.15, 0.2) is 65.9 Å². The maximum Gasteiger partial charge on any atom is 0.294 e. The Bertz CT molecular complexity index is 891. The van der Waals surface area contributed by atoms with Crippen molar-refractivity contribution in [3.8, 4) is 0 Å². The van der Waals surface area contributed by atoms with Crippen LogP contribution >= 0.6 is 0 Å². The van der Waals surface area contributed by atoms with Gasteiger partial charge in [-0.1, -0.05) is 63.2 Å². The van der Waals surface area contributed by atoms with Gasteiger partial charge in [0, 0.05) is 11.1 Å². The average Bonchev–Trinajstić information content (AvgIpc) is 2.86. The lowest BCUT2D eigenvalue weighted by Gasteiger charge is -2.29. The van der Waals surface area contributed by atoms with Crippen molar-refractivity contribution in [2.75, 3.05) is 4.90 Å². The molecule has 0 saturated heterocycles. The van der Waals surface area contributed by atoms with E-state index < -0.39 is 23.1 Å². The van der Waals surface area contributed by atoms with Crippen LogP contribution in [0.4, 0.5) is 5.69 Å². The molecule has 26 heavy (non-hydrogen) atoms. The normalized spacial score (nSPS) is 17.8. The highest BCUT2D eigenvalue weighted by atomic mass is 16.3. The van der Waals surface area contributed by atoms with Crippen molar-refractivity contribution in [2.45, 2.75) is 33.7 Å². The number of benzene rings is 2. The lowest BCUT2D eigenvalue weighted by molar-refractivity contribution is -0.123. The second-order valence-electron chi connectivity index (χ2n) is 7.61. The Morgan fingerprint density at radius 1 is 1.00 bits per heavy atom. The van der Waals surface area contributed by atoms with Crippen LogP contribution in [-0.4, -0.2) is 16.8 Å². The third-order valence-corrected chi connectivity index (χ3v) is 4.65. The van der Waals surface area contributed by atoms with Crippen molar-refractivity contribution in [1.82, 2.24) is 0 Å². The van der Waals surface area contributed by atoms with Crippen LogP contribution in [0.25, 0.3) is 0 Å². The Labute approximate surface area is 153 Å². The van der Waals surface area contributed by atoms with Gasteiger partial charge in [0.2, 0.25) is 0 Å². The third-order valence-electron chi connectivity index (χ3n) is 4.65. The Morgan fingerprint density at radius 2 is 1.58 bits per heavy atom. The molecule has 0 bridgehead atoms. The number of anilines is 1. The highest BCUT2D eigenvalue weighted by molar-refractivity contribution is 6.17. The number of ketones is 1. The maximum absolute atomic E-state index is 13.1. The molecule has 3 rings (SSSR count). The topological polar surface area (TPSA) is 57.6 Å². The summed E-state index contributed by atoms with van der Waals surface area (Å²) in [6.45, 7) is 7.32. The summed E-state index contributed by atoms with van der Waals surface area (Å²) < 4.78 is 0. The number of carbonyl (C=O) groups excluding carboxylic acids is 2. The standard InChI is InChI=1S/C22H23NO3/c1-14-10-8-9-13-16(14)18-17(20(25)22(2,3)4)19(24)21(26)23(18)15-11-6-5-7-12-15/h5-13,18,24H,1-4H3. The van der Waals surface area contributed by atoms with Gasteiger partial charge in [-0.2, -0.15) is 0 Å². The van der Waals surface area contributed by atoms with Crippen LogP contribution in [0.1, 0.15) is 37.9 Å². The summed E-state index contributed by atoms with van der Waals surface area (Å²) in [4.78, 5) is 27.5. The molecule has 2 aromatic rings. The number of amides is 1. The minimum Gasteiger partial charge on any atom is -0.503 e. The zero-order valence-electron chi connectivity index (χ0n) is 15.5. The van der Waals surface area contributed by atoms with E-state index in [2.05, 4.69) is 0 Å². The van der Waals surface area contributed by atoms with Crippen LogP contribution in [0, 0.1) is 12.3 Å². The lowest BCUT2D eigenvalue weighted by atomic mass is 9.81. The van der Waals surface area contributed by atoms with Gasteiger partial charge < -0.3 is 5.11 Å². The molecule has 0 aromatic heterocycles. The van der Waals surface area contributed by atoms with Gasteiger partial charge in [-0.3, -0.25) is 14.5 Å². The van der Waals surface area contributed by atoms with Crippen LogP contribution in [0.3, 0.4) is 0 Å². The fraction of sp³-hybridized carbons (Fsp3) is 0.273. The largest absolute Gasteiger partial charge is 0.503 e. The molecule has 1 unspecified atom stereocenters. The molecular weight excluding hydrogens is 326 g/mol. The first-order valence-electron chi connectivity index (χ1n) is 8.65. The SMILES string of the molecule is Cc1ccccc1C1C(C(=O)C(C)(C)C)=C(O)C(=O)N1c1ccccc1. The Kier molecular flexibility index (Phi) is 4.45. The third kappa shape index (κ3) is 2.92. The lowest BCUT2D eigenvalue weighted by Crippen LogP contribution is -2.33. The number of aryl methyl sites for hydroxylation is 1. The minimum absolute atomic E-state index is 0.167. The molecule has 1 aliphatic heterocycles. The molecule has 4 heteroatoms. The minimum atomic E-state index is -0.711. The predicted octanol–water partition coefficient (Wildman–Crippen LogP) is 4.51. The Morgan fingerprint density at radius 3 is 2.15 bits per heavy atom. The zero-order valence-corrected chi connectivity index (χ0v) is 15.5. The van der Waals surface area contributed by atoms with Crippen LogP contribution in [0.2, 0.25) is 0 Å². The number of aliphatic hydroxyl groups excluding tert-OH is 1. The summed E-state index contributed by atoms with van der Waals surface area (Å²) >= 11 is 0. The highest BCUT2D eigenvalue weighted by Crippen LogP contribution is 2.43. The summed E-state index contributed by atoms with van der Waals surface area (Å²) in [6, 6.07) is 16.1. The number of rotatable bonds is 3. The first-order valence-corrected chi connectivity index (χ1v) is 8.65. The van der Waals surface area contributed by atoms with Crippen LogP contribution < -0.4 is 4.90 Å². The summed E-state index contributed by atoms with van der Waals surface area (Å²) in [5, 5.41) is 10.6. The van der Waals surface area contributed by atoms with Gasteiger partial charge >= 0.3 is 0 Å². The summed E-state index contributed by atoms with van der Waals surface area (Å²) in [6.07, 6.45) is 0. The van der Waals surface area contributed by atoms with E-state index in [1.807, 2.05) is 49.4 Å². The quantitative estimate of drug-likeness (QED) is 0.887. The number of hydrogen-bond donors (Lipinski definition) is 1. The molecule has 4 nitrogen and oxygen atoms in total. The second kappa shape index (κ2) is 6.45. The predicted molar refractivity (Wildman–Crippen MR) is 102 cm³/mol. The molecule has 0 radical (unpaired) electrons. The molecule has 0 saturated carbocycles. The van der Waals surface area contributed by atoms with Crippen LogP contribution in [-0.2, 0) is 9.59 Å². The van der Waals surface area contributed by atoms with Crippen molar-refractivity contribution in [3.05, 3.63) is 77.1 Å². The van der Waals surface area contributed by atoms with Gasteiger partial charge in [0.25, 0.3) is 5.91 Å². The summed E-state index contributed by atoms with van der Waals surface area (Å²) in [7, 11) is 0. The summed E-state index contributed by atoms with van der Waals surface area (Å²) in [5.41, 5.74) is 1.90. The molecule has 1 N–H and O–H groups in total. The van der Waals surface area contributed by atoms with Gasteiger partial charge in [-0.15, -0.1) is 0 Å². The van der Waals surface area contributed by atoms with Crippen LogP contribution in [0.5, 0.6) is 0 Å². The molecule has 2 aromatic carbocycles. The van der Waals surface area contributed by atoms with Crippen molar-refractivity contribution < 1.29 is 14.7 Å². The number of nitrogens with zero attached hydrogens (tertiary/aromatic N) is 1. The smallest absolute Gasteiger partial charge is 0.294 e. The maximum atomic E-state index is 13.1. The van der Waals surface area contributed by atoms with E-state index in [4.69, 9.17) is 0 Å². The molecule has 134 valence electrons. The molecular formula is C22H23NO3. The molecule has 0 aliphatic carbocycles. The van der Waals surface area contributed by atoms with Crippen molar-refractivity contribution in [3.63, 3.8) is 0 Å². The van der Waals surface area contributed by atoms with Crippen molar-refractivity contribution >= 4 is 17.4 Å². The highest BCUT2D eigenvalue weighted by Gasteiger charge is 2.46.